The summed E-state index contributed by atoms with van der Waals surface area (Å²) in [5.74, 6) is 0.631. The molecule has 26 heavy (non-hydrogen) atoms. The van der Waals surface area contributed by atoms with Crippen molar-refractivity contribution in [3.63, 3.8) is 0 Å². The Morgan fingerprint density at radius 3 is 2.38 bits per heavy atom. The molecule has 0 atom stereocenters. The summed E-state index contributed by atoms with van der Waals surface area (Å²) < 4.78 is 62.5. The van der Waals surface area contributed by atoms with Gasteiger partial charge in [-0.05, 0) is 37.1 Å². The molecule has 0 saturated carbocycles. The molecule has 2 heterocycles. The maximum Gasteiger partial charge on any atom is 0.501 e. The second-order valence-electron chi connectivity index (χ2n) is 5.93. The summed E-state index contributed by atoms with van der Waals surface area (Å²) in [7, 11) is -5.39. The number of para-hydroxylation sites is 1. The number of aromatic nitrogens is 2. The average molecular weight is 386 g/mol. The van der Waals surface area contributed by atoms with Crippen molar-refractivity contribution in [1.29, 1.82) is 0 Å². The van der Waals surface area contributed by atoms with E-state index in [-0.39, 0.29) is 11.7 Å². The van der Waals surface area contributed by atoms with Gasteiger partial charge in [-0.2, -0.15) is 18.3 Å². The van der Waals surface area contributed by atoms with E-state index in [1.54, 1.807) is 23.2 Å². The van der Waals surface area contributed by atoms with Crippen molar-refractivity contribution >= 4 is 21.3 Å². The molecule has 0 spiro atoms. The predicted molar refractivity (Wildman–Crippen MR) is 90.6 cm³/mol. The van der Waals surface area contributed by atoms with Gasteiger partial charge in [0.05, 0.1) is 10.6 Å². The van der Waals surface area contributed by atoms with Crippen LogP contribution in [0.3, 0.4) is 0 Å². The van der Waals surface area contributed by atoms with Gasteiger partial charge in [0, 0.05) is 25.3 Å². The van der Waals surface area contributed by atoms with Gasteiger partial charge in [0.2, 0.25) is 0 Å². The fourth-order valence-corrected chi connectivity index (χ4v) is 3.90. The Morgan fingerprint density at radius 2 is 1.77 bits per heavy atom. The van der Waals surface area contributed by atoms with Gasteiger partial charge in [-0.1, -0.05) is 12.1 Å². The summed E-state index contributed by atoms with van der Waals surface area (Å²) >= 11 is 0. The van der Waals surface area contributed by atoms with E-state index < -0.39 is 20.2 Å². The van der Waals surface area contributed by atoms with Gasteiger partial charge < -0.3 is 10.2 Å². The third-order valence-electron chi connectivity index (χ3n) is 4.22. The molecule has 1 aliphatic heterocycles. The van der Waals surface area contributed by atoms with Crippen LogP contribution in [0.4, 0.5) is 24.7 Å². The highest BCUT2D eigenvalue weighted by molar-refractivity contribution is 7.92. The van der Waals surface area contributed by atoms with Crippen LogP contribution in [0.2, 0.25) is 0 Å². The van der Waals surface area contributed by atoms with Crippen LogP contribution >= 0.6 is 0 Å². The molecule has 6 nitrogen and oxygen atoms in total. The van der Waals surface area contributed by atoms with Gasteiger partial charge in [0.1, 0.15) is 5.82 Å². The fourth-order valence-electron chi connectivity index (χ4n) is 2.92. The van der Waals surface area contributed by atoms with Gasteiger partial charge in [0.15, 0.2) is 0 Å². The van der Waals surface area contributed by atoms with Crippen LogP contribution in [0, 0.1) is 0 Å². The number of nitrogens with zero attached hydrogens (tertiary/aromatic N) is 3. The monoisotopic (exact) mass is 386 g/mol. The van der Waals surface area contributed by atoms with Crippen LogP contribution in [0.5, 0.6) is 0 Å². The Hall–Kier alpha value is -2.36. The number of alkyl halides is 3. The molecule has 10 heteroatoms. The number of sulfone groups is 1. The summed E-state index contributed by atoms with van der Waals surface area (Å²) in [4.78, 5) is 0.973. The second kappa shape index (κ2) is 7.10. The van der Waals surface area contributed by atoms with Crippen LogP contribution in [0.25, 0.3) is 0 Å². The first-order chi connectivity index (χ1) is 12.3. The van der Waals surface area contributed by atoms with Crippen LogP contribution in [0.15, 0.2) is 47.5 Å². The highest BCUT2D eigenvalue weighted by Gasteiger charge is 2.48. The standard InChI is InChI=1S/C16H17F3N4O2S/c17-16(18,19)26(24,25)14-5-2-1-4-13(14)23-10-7-12(8-11-23)21-15-6-3-9-20-22-15/h1-6,9,12H,7-8,10-11H2,(H,21,22). The maximum absolute atomic E-state index is 12.9. The van der Waals surface area contributed by atoms with E-state index in [2.05, 4.69) is 15.5 Å². The molecule has 0 radical (unpaired) electrons. The van der Waals surface area contributed by atoms with Crippen LogP contribution in [-0.2, 0) is 9.84 Å². The first-order valence-corrected chi connectivity index (χ1v) is 9.47. The SMILES string of the molecule is O=S(=O)(c1ccccc1N1CCC(Nc2cccnn2)CC1)C(F)(F)F. The molecule has 0 aliphatic carbocycles. The zero-order chi connectivity index (χ0) is 18.8. The number of anilines is 2. The molecule has 140 valence electrons. The minimum absolute atomic E-state index is 0.0859. The van der Waals surface area contributed by atoms with Gasteiger partial charge in [-0.3, -0.25) is 0 Å². The van der Waals surface area contributed by atoms with E-state index in [4.69, 9.17) is 0 Å². The van der Waals surface area contributed by atoms with Crippen molar-refractivity contribution in [2.75, 3.05) is 23.3 Å². The van der Waals surface area contributed by atoms with E-state index >= 15 is 0 Å². The van der Waals surface area contributed by atoms with Crippen LogP contribution in [0.1, 0.15) is 12.8 Å². The molecule has 3 rings (SSSR count). The molecule has 0 unspecified atom stereocenters. The summed E-state index contributed by atoms with van der Waals surface area (Å²) in [6.45, 7) is 0.866. The number of nitrogens with one attached hydrogen (secondary N) is 1. The molecule has 1 fully saturated rings. The Morgan fingerprint density at radius 1 is 1.08 bits per heavy atom. The van der Waals surface area contributed by atoms with Crippen LogP contribution < -0.4 is 10.2 Å². The first-order valence-electron chi connectivity index (χ1n) is 7.98. The van der Waals surface area contributed by atoms with Gasteiger partial charge >= 0.3 is 5.51 Å². The Balaban J connectivity index is 1.74. The number of rotatable bonds is 4. The van der Waals surface area contributed by atoms with E-state index in [9.17, 15) is 21.6 Å². The third-order valence-corrected chi connectivity index (χ3v) is 5.75. The molecule has 1 saturated heterocycles. The lowest BCUT2D eigenvalue weighted by Crippen LogP contribution is -2.40. The summed E-state index contributed by atoms with van der Waals surface area (Å²) in [5, 5.41) is 10.9. The lowest BCUT2D eigenvalue weighted by molar-refractivity contribution is -0.0435. The molecule has 0 amide bonds. The van der Waals surface area contributed by atoms with Crippen molar-refractivity contribution in [2.24, 2.45) is 0 Å². The van der Waals surface area contributed by atoms with Crippen molar-refractivity contribution < 1.29 is 21.6 Å². The molecule has 1 aromatic heterocycles. The van der Waals surface area contributed by atoms with Crippen molar-refractivity contribution in [3.05, 3.63) is 42.6 Å². The van der Waals surface area contributed by atoms with E-state index in [1.807, 2.05) is 0 Å². The summed E-state index contributed by atoms with van der Waals surface area (Å²) in [6, 6.07) is 8.87. The quantitative estimate of drug-likeness (QED) is 0.871. The normalized spacial score (nSPS) is 16.5. The van der Waals surface area contributed by atoms with E-state index in [0.717, 1.165) is 6.07 Å². The van der Waals surface area contributed by atoms with E-state index in [1.165, 1.54) is 18.2 Å². The van der Waals surface area contributed by atoms with Gasteiger partial charge in [-0.15, -0.1) is 5.10 Å². The Labute approximate surface area is 149 Å². The number of hydrogen-bond donors (Lipinski definition) is 1. The minimum Gasteiger partial charge on any atom is -0.370 e. The summed E-state index contributed by atoms with van der Waals surface area (Å²) in [6.07, 6.45) is 2.83. The zero-order valence-electron chi connectivity index (χ0n) is 13.6. The fraction of sp³-hybridized carbons (Fsp3) is 0.375. The first kappa shape index (κ1) is 18.4. The largest absolute Gasteiger partial charge is 0.501 e. The predicted octanol–water partition coefficient (Wildman–Crippen LogP) is 2.85. The van der Waals surface area contributed by atoms with E-state index in [0.29, 0.717) is 31.7 Å². The third kappa shape index (κ3) is 3.74. The lowest BCUT2D eigenvalue weighted by atomic mass is 10.0. The van der Waals surface area contributed by atoms with Gasteiger partial charge in [0.25, 0.3) is 9.84 Å². The molecule has 1 aliphatic rings. The molecule has 1 aromatic carbocycles. The highest BCUT2D eigenvalue weighted by Crippen LogP contribution is 2.36. The van der Waals surface area contributed by atoms with Crippen LogP contribution in [-0.4, -0.2) is 43.3 Å². The number of halogens is 3. The number of benzene rings is 1. The molecule has 0 bridgehead atoms. The molecule has 2 aromatic rings. The van der Waals surface area contributed by atoms with Crippen molar-refractivity contribution in [3.8, 4) is 0 Å². The Kier molecular flexibility index (Phi) is 5.03. The molecule has 1 N–H and O–H groups in total. The smallest absolute Gasteiger partial charge is 0.370 e. The topological polar surface area (TPSA) is 75.2 Å². The zero-order valence-corrected chi connectivity index (χ0v) is 14.5. The summed E-state index contributed by atoms with van der Waals surface area (Å²) in [5.41, 5.74) is -5.24. The maximum atomic E-state index is 12.9. The average Bonchev–Trinajstić information content (AvgIpc) is 2.62. The lowest BCUT2D eigenvalue weighted by Gasteiger charge is -2.35. The van der Waals surface area contributed by atoms with Crippen molar-refractivity contribution in [2.45, 2.75) is 29.3 Å². The van der Waals surface area contributed by atoms with Crippen molar-refractivity contribution in [1.82, 2.24) is 10.2 Å². The molecular formula is C16H17F3N4O2S. The number of piperidine rings is 1. The Bertz CT molecular complexity index is 851. The number of hydrogen-bond acceptors (Lipinski definition) is 6. The van der Waals surface area contributed by atoms with Gasteiger partial charge in [-0.25, -0.2) is 8.42 Å². The highest BCUT2D eigenvalue weighted by atomic mass is 32.2. The molecular weight excluding hydrogens is 369 g/mol. The minimum atomic E-state index is -5.39. The second-order valence-corrected chi connectivity index (χ2v) is 7.84.